The summed E-state index contributed by atoms with van der Waals surface area (Å²) in [5.74, 6) is -4.97. The lowest BCUT2D eigenvalue weighted by Crippen LogP contribution is -2.47. The van der Waals surface area contributed by atoms with Crippen LogP contribution in [0.25, 0.3) is 0 Å². The minimum atomic E-state index is -5.12. The Morgan fingerprint density at radius 3 is 2.24 bits per heavy atom. The van der Waals surface area contributed by atoms with Gasteiger partial charge in [0.1, 0.15) is 5.69 Å². The number of carboxylic acid groups (broad SMARTS) is 1. The van der Waals surface area contributed by atoms with E-state index in [2.05, 4.69) is 9.97 Å². The van der Waals surface area contributed by atoms with Gasteiger partial charge in [0.25, 0.3) is 5.91 Å². The van der Waals surface area contributed by atoms with Gasteiger partial charge >= 0.3 is 18.3 Å². The van der Waals surface area contributed by atoms with Crippen LogP contribution in [0.1, 0.15) is 28.4 Å². The molecule has 25 heavy (non-hydrogen) atoms. The summed E-state index contributed by atoms with van der Waals surface area (Å²) in [4.78, 5) is 30.0. The first kappa shape index (κ1) is 18.9. The molecule has 0 saturated carbocycles. The third-order valence-electron chi connectivity index (χ3n) is 3.84. The summed E-state index contributed by atoms with van der Waals surface area (Å²) < 4.78 is 77.4. The molecule has 2 heterocycles. The van der Waals surface area contributed by atoms with Gasteiger partial charge in [-0.2, -0.15) is 26.3 Å². The van der Waals surface area contributed by atoms with Gasteiger partial charge in [-0.05, 0) is 19.4 Å². The molecule has 0 aliphatic carbocycles. The van der Waals surface area contributed by atoms with E-state index in [4.69, 9.17) is 5.11 Å². The molecule has 1 aromatic rings. The summed E-state index contributed by atoms with van der Waals surface area (Å²) in [5, 5.41) is 8.93. The van der Waals surface area contributed by atoms with Gasteiger partial charge in [-0.1, -0.05) is 0 Å². The van der Waals surface area contributed by atoms with Crippen molar-refractivity contribution >= 4 is 11.9 Å². The van der Waals surface area contributed by atoms with Crippen molar-refractivity contribution in [2.75, 3.05) is 13.1 Å². The average molecular weight is 371 g/mol. The molecule has 0 bridgehead atoms. The Hall–Kier alpha value is -2.40. The SMILES string of the molecule is Cc1cc(C(=O)N2CCC(C(=O)O)(C(F)(F)F)C2)nc(C(F)(F)F)n1. The van der Waals surface area contributed by atoms with Crippen molar-refractivity contribution < 1.29 is 41.0 Å². The molecule has 1 saturated heterocycles. The predicted octanol–water partition coefficient (Wildman–Crippen LogP) is 2.28. The fraction of sp³-hybridized carbons (Fsp3) is 0.538. The number of aliphatic carboxylic acids is 1. The van der Waals surface area contributed by atoms with E-state index in [1.807, 2.05) is 0 Å². The highest BCUT2D eigenvalue weighted by molar-refractivity contribution is 5.93. The molecule has 1 atom stereocenters. The van der Waals surface area contributed by atoms with E-state index in [0.717, 1.165) is 13.0 Å². The van der Waals surface area contributed by atoms with E-state index in [1.165, 1.54) is 0 Å². The Bertz CT molecular complexity index is 718. The van der Waals surface area contributed by atoms with Gasteiger partial charge in [0, 0.05) is 18.8 Å². The Labute approximate surface area is 136 Å². The van der Waals surface area contributed by atoms with Crippen molar-refractivity contribution in [1.82, 2.24) is 14.9 Å². The Kier molecular flexibility index (Phi) is 4.43. The van der Waals surface area contributed by atoms with Gasteiger partial charge < -0.3 is 10.0 Å². The number of carbonyl (C=O) groups excluding carboxylic acids is 1. The van der Waals surface area contributed by atoms with Gasteiger partial charge in [-0.25, -0.2) is 9.97 Å². The lowest BCUT2D eigenvalue weighted by molar-refractivity contribution is -0.227. The number of aryl methyl sites for hydroxylation is 1. The summed E-state index contributed by atoms with van der Waals surface area (Å²) in [6.07, 6.45) is -11.0. The second-order valence-corrected chi connectivity index (χ2v) is 5.58. The quantitative estimate of drug-likeness (QED) is 0.807. The number of hydrogen-bond donors (Lipinski definition) is 1. The summed E-state index contributed by atoms with van der Waals surface area (Å²) >= 11 is 0. The minimum absolute atomic E-state index is 0.204. The number of alkyl halides is 6. The number of aromatic nitrogens is 2. The molecule has 1 aliphatic heterocycles. The summed E-state index contributed by atoms with van der Waals surface area (Å²) in [5.41, 5.74) is -4.11. The summed E-state index contributed by atoms with van der Waals surface area (Å²) in [6, 6.07) is 0.895. The largest absolute Gasteiger partial charge is 0.481 e. The zero-order chi connectivity index (χ0) is 19.2. The van der Waals surface area contributed by atoms with Crippen molar-refractivity contribution in [1.29, 1.82) is 0 Å². The molecular weight excluding hydrogens is 360 g/mol. The fourth-order valence-corrected chi connectivity index (χ4v) is 2.48. The average Bonchev–Trinajstić information content (AvgIpc) is 2.91. The molecule has 6 nitrogen and oxygen atoms in total. The van der Waals surface area contributed by atoms with E-state index >= 15 is 0 Å². The van der Waals surface area contributed by atoms with Gasteiger partial charge in [-0.3, -0.25) is 9.59 Å². The van der Waals surface area contributed by atoms with Gasteiger partial charge in [0.15, 0.2) is 5.41 Å². The van der Waals surface area contributed by atoms with Crippen LogP contribution in [0.4, 0.5) is 26.3 Å². The molecule has 1 aliphatic rings. The van der Waals surface area contributed by atoms with E-state index in [9.17, 15) is 35.9 Å². The highest BCUT2D eigenvalue weighted by Gasteiger charge is 2.64. The number of halogens is 6. The molecule has 1 aromatic heterocycles. The summed E-state index contributed by atoms with van der Waals surface area (Å²) in [7, 11) is 0. The standard InChI is InChI=1S/C13H11F6N3O3/c1-6-4-7(21-9(20-6)12(14,15)16)8(23)22-3-2-11(5-22,10(24)25)13(17,18)19/h4H,2-3,5H2,1H3,(H,24,25). The Balaban J connectivity index is 2.35. The third-order valence-corrected chi connectivity index (χ3v) is 3.84. The monoisotopic (exact) mass is 371 g/mol. The molecule has 0 aromatic carbocycles. The topological polar surface area (TPSA) is 83.4 Å². The number of nitrogens with zero attached hydrogens (tertiary/aromatic N) is 3. The molecule has 0 spiro atoms. The zero-order valence-corrected chi connectivity index (χ0v) is 12.6. The molecule has 138 valence electrons. The number of hydrogen-bond acceptors (Lipinski definition) is 4. The van der Waals surface area contributed by atoms with E-state index in [-0.39, 0.29) is 5.69 Å². The van der Waals surface area contributed by atoms with Crippen molar-refractivity contribution in [3.63, 3.8) is 0 Å². The first-order valence-corrected chi connectivity index (χ1v) is 6.80. The first-order chi connectivity index (χ1) is 11.3. The predicted molar refractivity (Wildman–Crippen MR) is 68.4 cm³/mol. The van der Waals surface area contributed by atoms with Crippen molar-refractivity contribution in [2.45, 2.75) is 25.7 Å². The smallest absolute Gasteiger partial charge is 0.451 e. The van der Waals surface area contributed by atoms with Gasteiger partial charge in [0.2, 0.25) is 5.82 Å². The van der Waals surface area contributed by atoms with Gasteiger partial charge in [0.05, 0.1) is 0 Å². The highest BCUT2D eigenvalue weighted by Crippen LogP contribution is 2.46. The molecule has 1 fully saturated rings. The zero-order valence-electron chi connectivity index (χ0n) is 12.6. The second-order valence-electron chi connectivity index (χ2n) is 5.58. The van der Waals surface area contributed by atoms with Crippen molar-refractivity contribution in [3.05, 3.63) is 23.3 Å². The third kappa shape index (κ3) is 3.37. The maximum atomic E-state index is 13.1. The van der Waals surface area contributed by atoms with Crippen LogP contribution in [0.5, 0.6) is 0 Å². The van der Waals surface area contributed by atoms with Crippen LogP contribution in [0.3, 0.4) is 0 Å². The molecule has 1 N–H and O–H groups in total. The minimum Gasteiger partial charge on any atom is -0.481 e. The first-order valence-electron chi connectivity index (χ1n) is 6.80. The number of amides is 1. The molecule has 12 heteroatoms. The maximum absolute atomic E-state index is 13.1. The van der Waals surface area contributed by atoms with Crippen LogP contribution < -0.4 is 0 Å². The molecule has 1 amide bonds. The second kappa shape index (κ2) is 5.85. The van der Waals surface area contributed by atoms with Crippen LogP contribution in [0.15, 0.2) is 6.07 Å². The number of rotatable bonds is 2. The molecular formula is C13H11F6N3O3. The van der Waals surface area contributed by atoms with Crippen LogP contribution in [0.2, 0.25) is 0 Å². The number of carbonyl (C=O) groups is 2. The lowest BCUT2D eigenvalue weighted by Gasteiger charge is -2.27. The van der Waals surface area contributed by atoms with Crippen LogP contribution in [0, 0.1) is 12.3 Å². The number of likely N-dealkylation sites (tertiary alicyclic amines) is 1. The van der Waals surface area contributed by atoms with E-state index in [1.54, 1.807) is 0 Å². The summed E-state index contributed by atoms with van der Waals surface area (Å²) in [6.45, 7) is -0.612. The van der Waals surface area contributed by atoms with Crippen LogP contribution in [-0.4, -0.2) is 51.1 Å². The normalized spacial score (nSPS) is 21.5. The van der Waals surface area contributed by atoms with Crippen molar-refractivity contribution in [2.24, 2.45) is 5.41 Å². The maximum Gasteiger partial charge on any atom is 0.451 e. The molecule has 1 unspecified atom stereocenters. The Morgan fingerprint density at radius 2 is 1.80 bits per heavy atom. The number of carboxylic acids is 1. The lowest BCUT2D eigenvalue weighted by atomic mass is 9.86. The fourth-order valence-electron chi connectivity index (χ4n) is 2.48. The van der Waals surface area contributed by atoms with E-state index < -0.39 is 60.7 Å². The Morgan fingerprint density at radius 1 is 1.20 bits per heavy atom. The molecule has 2 rings (SSSR count). The van der Waals surface area contributed by atoms with Crippen LogP contribution in [-0.2, 0) is 11.0 Å². The van der Waals surface area contributed by atoms with E-state index in [0.29, 0.717) is 4.90 Å². The highest BCUT2D eigenvalue weighted by atomic mass is 19.4. The molecule has 0 radical (unpaired) electrons. The van der Waals surface area contributed by atoms with Crippen LogP contribution >= 0.6 is 0 Å². The van der Waals surface area contributed by atoms with Gasteiger partial charge in [-0.15, -0.1) is 0 Å². The van der Waals surface area contributed by atoms with Crippen molar-refractivity contribution in [3.8, 4) is 0 Å².